The number of carbonyl (C=O) groups excluding carboxylic acids is 1. The Labute approximate surface area is 106 Å². The number of carbonyl (C=O) groups is 1. The third-order valence-corrected chi connectivity index (χ3v) is 3.66. The van der Waals surface area contributed by atoms with Gasteiger partial charge in [-0.3, -0.25) is 4.79 Å². The van der Waals surface area contributed by atoms with Gasteiger partial charge in [0.25, 0.3) is 0 Å². The molecule has 0 aliphatic heterocycles. The topological polar surface area (TPSA) is 29.1 Å². The van der Waals surface area contributed by atoms with Crippen molar-refractivity contribution in [3.05, 3.63) is 22.4 Å². The fourth-order valence-corrected chi connectivity index (χ4v) is 2.22. The lowest BCUT2D eigenvalue weighted by Gasteiger charge is -2.07. The smallest absolute Gasteiger partial charge is 0.224 e. The van der Waals surface area contributed by atoms with E-state index < -0.39 is 0 Å². The summed E-state index contributed by atoms with van der Waals surface area (Å²) < 4.78 is 0. The minimum Gasteiger partial charge on any atom is -0.356 e. The van der Waals surface area contributed by atoms with Gasteiger partial charge in [0.05, 0.1) is 6.42 Å². The van der Waals surface area contributed by atoms with Crippen molar-refractivity contribution in [1.29, 1.82) is 0 Å². The van der Waals surface area contributed by atoms with Crippen molar-refractivity contribution in [2.45, 2.75) is 26.2 Å². The second-order valence-corrected chi connectivity index (χ2v) is 5.15. The Morgan fingerprint density at radius 3 is 3.06 bits per heavy atom. The van der Waals surface area contributed by atoms with E-state index in [1.54, 1.807) is 11.3 Å². The molecule has 0 radical (unpaired) electrons. The first-order valence-electron chi connectivity index (χ1n) is 5.56. The van der Waals surface area contributed by atoms with Crippen molar-refractivity contribution in [3.8, 4) is 0 Å². The maximum absolute atomic E-state index is 11.5. The predicted octanol–water partition coefficient (Wildman–Crippen LogP) is 3.06. The summed E-state index contributed by atoms with van der Waals surface area (Å²) in [6.07, 6.45) is 2.57. The monoisotopic (exact) mass is 259 g/mol. The fraction of sp³-hybridized carbons (Fsp3) is 0.583. The quantitative estimate of drug-likeness (QED) is 0.592. The van der Waals surface area contributed by atoms with Crippen LogP contribution < -0.4 is 5.32 Å². The zero-order chi connectivity index (χ0) is 11.8. The molecule has 1 amide bonds. The van der Waals surface area contributed by atoms with Gasteiger partial charge in [-0.1, -0.05) is 6.92 Å². The van der Waals surface area contributed by atoms with Crippen molar-refractivity contribution in [2.75, 3.05) is 12.4 Å². The molecule has 0 spiro atoms. The number of thiophene rings is 1. The van der Waals surface area contributed by atoms with E-state index in [-0.39, 0.29) is 5.91 Å². The van der Waals surface area contributed by atoms with Gasteiger partial charge in [0, 0.05) is 12.4 Å². The number of amides is 1. The van der Waals surface area contributed by atoms with E-state index in [1.807, 2.05) is 16.8 Å². The molecule has 1 aromatic rings. The van der Waals surface area contributed by atoms with Crippen molar-refractivity contribution < 1.29 is 4.79 Å². The molecular weight excluding hydrogens is 242 g/mol. The zero-order valence-corrected chi connectivity index (χ0v) is 11.1. The summed E-state index contributed by atoms with van der Waals surface area (Å²) in [6, 6.07) is 1.99. The minimum absolute atomic E-state index is 0.108. The van der Waals surface area contributed by atoms with Crippen molar-refractivity contribution in [2.24, 2.45) is 5.92 Å². The van der Waals surface area contributed by atoms with E-state index in [4.69, 9.17) is 11.6 Å². The molecule has 1 rings (SSSR count). The van der Waals surface area contributed by atoms with Gasteiger partial charge in [-0.2, -0.15) is 11.3 Å². The van der Waals surface area contributed by atoms with Crippen LogP contribution >= 0.6 is 22.9 Å². The Bertz CT molecular complexity index is 300. The van der Waals surface area contributed by atoms with Crippen LogP contribution in [0.15, 0.2) is 16.8 Å². The van der Waals surface area contributed by atoms with Gasteiger partial charge in [-0.05, 0) is 41.1 Å². The highest BCUT2D eigenvalue weighted by molar-refractivity contribution is 7.07. The standard InChI is InChI=1S/C12H18ClNOS/c1-10(8-13)3-2-5-14-12(15)7-11-4-6-16-9-11/h4,6,9-10H,2-3,5,7-8H2,1H3,(H,14,15). The van der Waals surface area contributed by atoms with Crippen LogP contribution in [0.1, 0.15) is 25.3 Å². The lowest BCUT2D eigenvalue weighted by molar-refractivity contribution is -0.120. The second kappa shape index (κ2) is 7.69. The van der Waals surface area contributed by atoms with Crippen LogP contribution in [0.3, 0.4) is 0 Å². The molecule has 1 heterocycles. The Morgan fingerprint density at radius 1 is 1.62 bits per heavy atom. The van der Waals surface area contributed by atoms with Crippen LogP contribution in [0, 0.1) is 5.92 Å². The first-order valence-corrected chi connectivity index (χ1v) is 7.04. The molecular formula is C12H18ClNOS. The maximum atomic E-state index is 11.5. The third kappa shape index (κ3) is 5.52. The largest absolute Gasteiger partial charge is 0.356 e. The van der Waals surface area contributed by atoms with Gasteiger partial charge in [0.1, 0.15) is 0 Å². The highest BCUT2D eigenvalue weighted by Crippen LogP contribution is 2.07. The summed E-state index contributed by atoms with van der Waals surface area (Å²) in [6.45, 7) is 2.88. The normalized spacial score (nSPS) is 12.4. The molecule has 0 aliphatic carbocycles. The van der Waals surface area contributed by atoms with Gasteiger partial charge in [0.15, 0.2) is 0 Å². The lowest BCUT2D eigenvalue weighted by atomic mass is 10.1. The number of rotatable bonds is 7. The van der Waals surface area contributed by atoms with E-state index >= 15 is 0 Å². The van der Waals surface area contributed by atoms with Crippen molar-refractivity contribution in [1.82, 2.24) is 5.32 Å². The summed E-state index contributed by atoms with van der Waals surface area (Å²) in [5.74, 6) is 1.34. The Kier molecular flexibility index (Phi) is 6.50. The van der Waals surface area contributed by atoms with E-state index in [0.717, 1.165) is 24.9 Å². The predicted molar refractivity (Wildman–Crippen MR) is 70.2 cm³/mol. The Morgan fingerprint density at radius 2 is 2.44 bits per heavy atom. The Hall–Kier alpha value is -0.540. The molecule has 4 heteroatoms. The summed E-state index contributed by atoms with van der Waals surface area (Å²) in [5, 5.41) is 6.92. The van der Waals surface area contributed by atoms with E-state index in [0.29, 0.717) is 18.2 Å². The number of alkyl halides is 1. The molecule has 2 nitrogen and oxygen atoms in total. The van der Waals surface area contributed by atoms with Crippen LogP contribution in [0.2, 0.25) is 0 Å². The van der Waals surface area contributed by atoms with Gasteiger partial charge >= 0.3 is 0 Å². The Balaban J connectivity index is 2.07. The van der Waals surface area contributed by atoms with Gasteiger partial charge in [0.2, 0.25) is 5.91 Å². The third-order valence-electron chi connectivity index (χ3n) is 2.40. The molecule has 1 atom stereocenters. The second-order valence-electron chi connectivity index (χ2n) is 4.06. The van der Waals surface area contributed by atoms with Gasteiger partial charge < -0.3 is 5.32 Å². The molecule has 1 N–H and O–H groups in total. The average Bonchev–Trinajstić information content (AvgIpc) is 2.76. The average molecular weight is 260 g/mol. The molecule has 90 valence electrons. The number of halogens is 1. The molecule has 0 aliphatic rings. The van der Waals surface area contributed by atoms with Crippen LogP contribution in [0.4, 0.5) is 0 Å². The molecule has 0 bridgehead atoms. The molecule has 0 aromatic carbocycles. The summed E-state index contributed by atoms with van der Waals surface area (Å²) in [5.41, 5.74) is 1.09. The highest BCUT2D eigenvalue weighted by Gasteiger charge is 2.04. The SMILES string of the molecule is CC(CCl)CCCNC(=O)Cc1ccsc1. The number of hydrogen-bond acceptors (Lipinski definition) is 2. The minimum atomic E-state index is 0.108. The maximum Gasteiger partial charge on any atom is 0.224 e. The lowest BCUT2D eigenvalue weighted by Crippen LogP contribution is -2.26. The molecule has 16 heavy (non-hydrogen) atoms. The van der Waals surface area contributed by atoms with Crippen LogP contribution in [-0.4, -0.2) is 18.3 Å². The van der Waals surface area contributed by atoms with Crippen molar-refractivity contribution >= 4 is 28.8 Å². The van der Waals surface area contributed by atoms with Gasteiger partial charge in [-0.15, -0.1) is 11.6 Å². The van der Waals surface area contributed by atoms with Crippen LogP contribution in [0.25, 0.3) is 0 Å². The summed E-state index contributed by atoms with van der Waals surface area (Å²) in [4.78, 5) is 11.5. The van der Waals surface area contributed by atoms with Crippen LogP contribution in [-0.2, 0) is 11.2 Å². The molecule has 1 aromatic heterocycles. The van der Waals surface area contributed by atoms with E-state index in [9.17, 15) is 4.79 Å². The first-order chi connectivity index (χ1) is 7.72. The molecule has 0 fully saturated rings. The first kappa shape index (κ1) is 13.5. The van der Waals surface area contributed by atoms with Crippen LogP contribution in [0.5, 0.6) is 0 Å². The van der Waals surface area contributed by atoms with E-state index in [2.05, 4.69) is 12.2 Å². The number of nitrogens with one attached hydrogen (secondary N) is 1. The van der Waals surface area contributed by atoms with Gasteiger partial charge in [-0.25, -0.2) is 0 Å². The summed E-state index contributed by atoms with van der Waals surface area (Å²) in [7, 11) is 0. The highest BCUT2D eigenvalue weighted by atomic mass is 35.5. The number of hydrogen-bond donors (Lipinski definition) is 1. The molecule has 1 unspecified atom stereocenters. The zero-order valence-electron chi connectivity index (χ0n) is 9.54. The fourth-order valence-electron chi connectivity index (χ4n) is 1.40. The summed E-state index contributed by atoms with van der Waals surface area (Å²) >= 11 is 7.32. The van der Waals surface area contributed by atoms with Crippen molar-refractivity contribution in [3.63, 3.8) is 0 Å². The van der Waals surface area contributed by atoms with E-state index in [1.165, 1.54) is 0 Å². The molecule has 0 saturated heterocycles. The molecule has 0 saturated carbocycles.